The van der Waals surface area contributed by atoms with Crippen LogP contribution in [0.5, 0.6) is 0 Å². The van der Waals surface area contributed by atoms with E-state index in [9.17, 15) is 0 Å². The number of nitrogens with zero attached hydrogens (tertiary/aromatic N) is 3. The van der Waals surface area contributed by atoms with E-state index in [1.54, 1.807) is 0 Å². The lowest BCUT2D eigenvalue weighted by molar-refractivity contribution is 0.668. The van der Waals surface area contributed by atoms with Crippen molar-refractivity contribution in [3.63, 3.8) is 0 Å². The summed E-state index contributed by atoms with van der Waals surface area (Å²) in [6, 6.07) is 64.7. The maximum atomic E-state index is 6.32. The summed E-state index contributed by atoms with van der Waals surface area (Å²) in [5.74, 6) is 1.82. The summed E-state index contributed by atoms with van der Waals surface area (Å²) in [7, 11) is 0. The molecule has 0 atom stereocenters. The van der Waals surface area contributed by atoms with Crippen LogP contribution in [-0.4, -0.2) is 15.0 Å². The third kappa shape index (κ3) is 5.53. The van der Waals surface area contributed by atoms with Gasteiger partial charge in [0.25, 0.3) is 0 Å². The molecule has 56 heavy (non-hydrogen) atoms. The lowest BCUT2D eigenvalue weighted by Gasteiger charge is -2.10. The summed E-state index contributed by atoms with van der Waals surface area (Å²) in [5.41, 5.74) is 13.0. The molecule has 3 heterocycles. The molecule has 0 amide bonds. The van der Waals surface area contributed by atoms with Crippen LogP contribution >= 0.6 is 0 Å². The van der Waals surface area contributed by atoms with E-state index in [-0.39, 0.29) is 0 Å². The molecule has 5 heteroatoms. The summed E-state index contributed by atoms with van der Waals surface area (Å²) >= 11 is 0. The zero-order valence-electron chi connectivity index (χ0n) is 30.1. The van der Waals surface area contributed by atoms with Gasteiger partial charge in [0.2, 0.25) is 0 Å². The van der Waals surface area contributed by atoms with Crippen molar-refractivity contribution in [2.45, 2.75) is 0 Å². The summed E-state index contributed by atoms with van der Waals surface area (Å²) < 4.78 is 12.5. The first-order valence-electron chi connectivity index (χ1n) is 18.7. The van der Waals surface area contributed by atoms with Crippen LogP contribution in [0.2, 0.25) is 0 Å². The topological polar surface area (TPSA) is 65.0 Å². The SMILES string of the molecule is c1ccc(-c2ccc3c(c2)oc2ccc(-c4cccc(-c5ccc(-c6nc(-c7ccccc7)nc(-c7cccc8oc9ccccc9c78)n6)cc5)c4)cc23)cc1. The van der Waals surface area contributed by atoms with Crippen molar-refractivity contribution < 1.29 is 8.83 Å². The third-order valence-electron chi connectivity index (χ3n) is 10.6. The molecule has 0 radical (unpaired) electrons. The van der Waals surface area contributed by atoms with Crippen LogP contribution in [0.15, 0.2) is 197 Å². The Kier molecular flexibility index (Phi) is 7.42. The molecule has 0 unspecified atom stereocenters. The van der Waals surface area contributed by atoms with E-state index in [0.717, 1.165) is 88.4 Å². The van der Waals surface area contributed by atoms with Crippen LogP contribution in [-0.2, 0) is 0 Å². The van der Waals surface area contributed by atoms with E-state index in [1.165, 1.54) is 5.56 Å². The first kappa shape index (κ1) is 31.9. The summed E-state index contributed by atoms with van der Waals surface area (Å²) in [5, 5.41) is 4.24. The molecule has 0 saturated heterocycles. The average molecular weight is 718 g/mol. The zero-order valence-corrected chi connectivity index (χ0v) is 30.1. The maximum absolute atomic E-state index is 6.32. The molecular weight excluding hydrogens is 687 g/mol. The van der Waals surface area contributed by atoms with Gasteiger partial charge in [-0.3, -0.25) is 0 Å². The molecule has 0 fully saturated rings. The van der Waals surface area contributed by atoms with E-state index in [1.807, 2.05) is 66.7 Å². The monoisotopic (exact) mass is 717 g/mol. The number of para-hydroxylation sites is 1. The van der Waals surface area contributed by atoms with Gasteiger partial charge in [-0.05, 0) is 75.8 Å². The number of rotatable bonds is 6. The van der Waals surface area contributed by atoms with Crippen molar-refractivity contribution in [2.24, 2.45) is 0 Å². The Balaban J connectivity index is 0.949. The molecule has 0 bridgehead atoms. The number of aromatic nitrogens is 3. The van der Waals surface area contributed by atoms with Crippen LogP contribution < -0.4 is 0 Å². The van der Waals surface area contributed by atoms with Crippen molar-refractivity contribution in [1.82, 2.24) is 15.0 Å². The first-order chi connectivity index (χ1) is 27.7. The van der Waals surface area contributed by atoms with Gasteiger partial charge < -0.3 is 8.83 Å². The van der Waals surface area contributed by atoms with E-state index >= 15 is 0 Å². The van der Waals surface area contributed by atoms with Crippen LogP contribution in [0.1, 0.15) is 0 Å². The Morgan fingerprint density at radius 2 is 0.768 bits per heavy atom. The first-order valence-corrected chi connectivity index (χ1v) is 18.7. The molecule has 0 aliphatic carbocycles. The predicted molar refractivity (Wildman–Crippen MR) is 227 cm³/mol. The van der Waals surface area contributed by atoms with Gasteiger partial charge in [0.1, 0.15) is 22.3 Å². The van der Waals surface area contributed by atoms with Crippen LogP contribution in [0.3, 0.4) is 0 Å². The zero-order chi connectivity index (χ0) is 37.0. The third-order valence-corrected chi connectivity index (χ3v) is 10.6. The van der Waals surface area contributed by atoms with Crippen LogP contribution in [0.4, 0.5) is 0 Å². The fourth-order valence-electron chi connectivity index (χ4n) is 7.76. The molecule has 8 aromatic carbocycles. The Labute approximate surface area is 322 Å². The smallest absolute Gasteiger partial charge is 0.164 e. The molecule has 11 aromatic rings. The van der Waals surface area contributed by atoms with E-state index in [2.05, 4.69) is 121 Å². The van der Waals surface area contributed by atoms with Crippen LogP contribution in [0.25, 0.3) is 111 Å². The van der Waals surface area contributed by atoms with Gasteiger partial charge in [-0.15, -0.1) is 0 Å². The van der Waals surface area contributed by atoms with Crippen LogP contribution in [0, 0.1) is 0 Å². The fourth-order valence-corrected chi connectivity index (χ4v) is 7.76. The molecular formula is C51H31N3O2. The predicted octanol–water partition coefficient (Wildman–Crippen LogP) is 13.7. The molecule has 0 N–H and O–H groups in total. The number of hydrogen-bond donors (Lipinski definition) is 0. The molecule has 0 aliphatic rings. The Morgan fingerprint density at radius 1 is 0.268 bits per heavy atom. The highest BCUT2D eigenvalue weighted by Gasteiger charge is 2.18. The van der Waals surface area contributed by atoms with Crippen molar-refractivity contribution in [3.05, 3.63) is 188 Å². The molecule has 262 valence electrons. The van der Waals surface area contributed by atoms with Gasteiger partial charge in [0.05, 0.1) is 0 Å². The molecule has 5 nitrogen and oxygen atoms in total. The summed E-state index contributed by atoms with van der Waals surface area (Å²) in [6.07, 6.45) is 0. The van der Waals surface area contributed by atoms with Gasteiger partial charge in [-0.25, -0.2) is 15.0 Å². The maximum Gasteiger partial charge on any atom is 0.164 e. The normalized spacial score (nSPS) is 11.6. The number of fused-ring (bicyclic) bond motifs is 6. The van der Waals surface area contributed by atoms with Crippen molar-refractivity contribution in [1.29, 1.82) is 0 Å². The standard InChI is InChI=1S/C51H31N3O2/c1-3-11-32(12-4-1)39-25-27-40-43-30-38(26-28-45(43)56-47(40)31-39)37-16-9-15-36(29-37)33-21-23-35(24-22-33)50-52-49(34-13-5-2-6-14-34)53-51(54-50)42-18-10-20-46-48(42)41-17-7-8-19-44(41)55-46/h1-31H. The van der Waals surface area contributed by atoms with Crippen molar-refractivity contribution in [3.8, 4) is 67.5 Å². The quantitative estimate of drug-likeness (QED) is 0.171. The molecule has 0 aliphatic heterocycles. The number of furan rings is 2. The second-order valence-corrected chi connectivity index (χ2v) is 14.0. The van der Waals surface area contributed by atoms with Gasteiger partial charge in [0, 0.05) is 38.2 Å². The fraction of sp³-hybridized carbons (Fsp3) is 0. The molecule has 11 rings (SSSR count). The minimum absolute atomic E-state index is 0.599. The van der Waals surface area contributed by atoms with E-state index in [4.69, 9.17) is 23.8 Å². The van der Waals surface area contributed by atoms with Crippen molar-refractivity contribution >= 4 is 43.9 Å². The number of hydrogen-bond acceptors (Lipinski definition) is 5. The van der Waals surface area contributed by atoms with Gasteiger partial charge in [-0.1, -0.05) is 146 Å². The Morgan fingerprint density at radius 3 is 1.57 bits per heavy atom. The highest BCUT2D eigenvalue weighted by Crippen LogP contribution is 2.38. The summed E-state index contributed by atoms with van der Waals surface area (Å²) in [6.45, 7) is 0. The van der Waals surface area contributed by atoms with Gasteiger partial charge >= 0.3 is 0 Å². The highest BCUT2D eigenvalue weighted by molar-refractivity contribution is 6.12. The lowest BCUT2D eigenvalue weighted by atomic mass is 9.97. The number of benzene rings is 8. The van der Waals surface area contributed by atoms with E-state index in [0.29, 0.717) is 17.5 Å². The van der Waals surface area contributed by atoms with Crippen molar-refractivity contribution in [2.75, 3.05) is 0 Å². The highest BCUT2D eigenvalue weighted by atomic mass is 16.3. The Hall–Kier alpha value is -7.63. The minimum Gasteiger partial charge on any atom is -0.456 e. The van der Waals surface area contributed by atoms with Gasteiger partial charge in [0.15, 0.2) is 17.5 Å². The van der Waals surface area contributed by atoms with E-state index < -0.39 is 0 Å². The molecule has 3 aromatic heterocycles. The average Bonchev–Trinajstić information content (AvgIpc) is 3.85. The second-order valence-electron chi connectivity index (χ2n) is 14.0. The lowest BCUT2D eigenvalue weighted by Crippen LogP contribution is -2.00. The van der Waals surface area contributed by atoms with Gasteiger partial charge in [-0.2, -0.15) is 0 Å². The largest absolute Gasteiger partial charge is 0.456 e. The second kappa shape index (κ2) is 13.0. The molecule has 0 spiro atoms. The minimum atomic E-state index is 0.599. The summed E-state index contributed by atoms with van der Waals surface area (Å²) in [4.78, 5) is 15.1. The molecule has 0 saturated carbocycles. The Bertz CT molecular complexity index is 3240.